The number of carbonyl (C=O) groups excluding carboxylic acids is 1. The van der Waals surface area contributed by atoms with E-state index in [-0.39, 0.29) is 5.91 Å². The molecule has 4 nitrogen and oxygen atoms in total. The van der Waals surface area contributed by atoms with Crippen LogP contribution in [0, 0.1) is 6.92 Å². The SMILES string of the molecule is Cc1cccc(C(=O)NC(C)(C)c2nccs2)n1. The lowest BCUT2D eigenvalue weighted by atomic mass is 10.1. The van der Waals surface area contributed by atoms with Gasteiger partial charge < -0.3 is 5.32 Å². The van der Waals surface area contributed by atoms with Crippen LogP contribution in [-0.2, 0) is 5.54 Å². The highest BCUT2D eigenvalue weighted by Gasteiger charge is 2.26. The molecule has 1 amide bonds. The van der Waals surface area contributed by atoms with Crippen LogP contribution in [0.2, 0.25) is 0 Å². The monoisotopic (exact) mass is 261 g/mol. The van der Waals surface area contributed by atoms with Crippen LogP contribution in [0.4, 0.5) is 0 Å². The maximum Gasteiger partial charge on any atom is 0.270 e. The van der Waals surface area contributed by atoms with Gasteiger partial charge in [0.15, 0.2) is 0 Å². The molecule has 0 spiro atoms. The van der Waals surface area contributed by atoms with Crippen molar-refractivity contribution in [3.05, 3.63) is 46.2 Å². The highest BCUT2D eigenvalue weighted by molar-refractivity contribution is 7.09. The fourth-order valence-corrected chi connectivity index (χ4v) is 2.32. The van der Waals surface area contributed by atoms with Gasteiger partial charge in [-0.1, -0.05) is 6.07 Å². The summed E-state index contributed by atoms with van der Waals surface area (Å²) >= 11 is 1.52. The summed E-state index contributed by atoms with van der Waals surface area (Å²) in [4.78, 5) is 20.6. The van der Waals surface area contributed by atoms with Crippen LogP contribution in [-0.4, -0.2) is 15.9 Å². The van der Waals surface area contributed by atoms with Crippen LogP contribution in [0.1, 0.15) is 35.0 Å². The lowest BCUT2D eigenvalue weighted by molar-refractivity contribution is 0.0906. The molecule has 5 heteroatoms. The lowest BCUT2D eigenvalue weighted by Gasteiger charge is -2.23. The Balaban J connectivity index is 2.17. The minimum absolute atomic E-state index is 0.182. The van der Waals surface area contributed by atoms with Gasteiger partial charge in [0.1, 0.15) is 10.7 Å². The third kappa shape index (κ3) is 2.73. The third-order valence-electron chi connectivity index (χ3n) is 2.51. The molecule has 0 radical (unpaired) electrons. The summed E-state index contributed by atoms with van der Waals surface area (Å²) in [6.45, 7) is 5.72. The van der Waals surface area contributed by atoms with E-state index in [0.717, 1.165) is 10.7 Å². The molecule has 2 aromatic heterocycles. The van der Waals surface area contributed by atoms with Gasteiger partial charge in [0.25, 0.3) is 5.91 Å². The van der Waals surface area contributed by atoms with Crippen LogP contribution < -0.4 is 5.32 Å². The summed E-state index contributed by atoms with van der Waals surface area (Å²) in [6, 6.07) is 5.40. The molecule has 0 saturated heterocycles. The average Bonchev–Trinajstić information content (AvgIpc) is 2.82. The van der Waals surface area contributed by atoms with Gasteiger partial charge in [-0.25, -0.2) is 9.97 Å². The van der Waals surface area contributed by atoms with E-state index in [2.05, 4.69) is 15.3 Å². The van der Waals surface area contributed by atoms with Crippen molar-refractivity contribution in [3.63, 3.8) is 0 Å². The van der Waals surface area contributed by atoms with E-state index in [1.165, 1.54) is 11.3 Å². The number of nitrogens with zero attached hydrogens (tertiary/aromatic N) is 2. The van der Waals surface area contributed by atoms with Crippen molar-refractivity contribution in [1.29, 1.82) is 0 Å². The summed E-state index contributed by atoms with van der Waals surface area (Å²) in [6.07, 6.45) is 1.73. The van der Waals surface area contributed by atoms with E-state index >= 15 is 0 Å². The maximum absolute atomic E-state index is 12.1. The summed E-state index contributed by atoms with van der Waals surface area (Å²) < 4.78 is 0. The summed E-state index contributed by atoms with van der Waals surface area (Å²) in [7, 11) is 0. The number of amides is 1. The van der Waals surface area contributed by atoms with Crippen LogP contribution in [0.3, 0.4) is 0 Å². The van der Waals surface area contributed by atoms with Gasteiger partial charge in [0.05, 0.1) is 5.54 Å². The Hall–Kier alpha value is -1.75. The van der Waals surface area contributed by atoms with E-state index in [1.807, 2.05) is 38.3 Å². The molecule has 2 heterocycles. The highest BCUT2D eigenvalue weighted by Crippen LogP contribution is 2.22. The molecule has 0 aliphatic heterocycles. The Labute approximate surface area is 110 Å². The van der Waals surface area contributed by atoms with Gasteiger partial charge in [-0.15, -0.1) is 11.3 Å². The molecule has 0 fully saturated rings. The predicted molar refractivity (Wildman–Crippen MR) is 71.6 cm³/mol. The highest BCUT2D eigenvalue weighted by atomic mass is 32.1. The number of aryl methyl sites for hydroxylation is 1. The van der Waals surface area contributed by atoms with Crippen molar-refractivity contribution < 1.29 is 4.79 Å². The molecule has 18 heavy (non-hydrogen) atoms. The number of hydrogen-bond acceptors (Lipinski definition) is 4. The second-order valence-electron chi connectivity index (χ2n) is 4.58. The van der Waals surface area contributed by atoms with Gasteiger partial charge in [-0.3, -0.25) is 4.79 Å². The molecular formula is C13H15N3OS. The number of aromatic nitrogens is 2. The minimum Gasteiger partial charge on any atom is -0.339 e. The maximum atomic E-state index is 12.1. The Bertz CT molecular complexity index is 549. The molecule has 0 atom stereocenters. The molecule has 0 aromatic carbocycles. The normalized spacial score (nSPS) is 11.3. The first-order valence-electron chi connectivity index (χ1n) is 5.65. The number of rotatable bonds is 3. The standard InChI is InChI=1S/C13H15N3OS/c1-9-5-4-6-10(15-9)11(17)16-13(2,3)12-14-7-8-18-12/h4-8H,1-3H3,(H,16,17). The zero-order valence-electron chi connectivity index (χ0n) is 10.6. The number of nitrogens with one attached hydrogen (secondary N) is 1. The molecule has 0 saturated carbocycles. The van der Waals surface area contributed by atoms with Crippen molar-refractivity contribution in [3.8, 4) is 0 Å². The topological polar surface area (TPSA) is 54.9 Å². The minimum atomic E-state index is -0.489. The Morgan fingerprint density at radius 2 is 2.17 bits per heavy atom. The van der Waals surface area contributed by atoms with Gasteiger partial charge >= 0.3 is 0 Å². The number of pyridine rings is 1. The third-order valence-corrected chi connectivity index (χ3v) is 3.61. The van der Waals surface area contributed by atoms with Gasteiger partial charge in [-0.05, 0) is 32.9 Å². The fraction of sp³-hybridized carbons (Fsp3) is 0.308. The first-order valence-corrected chi connectivity index (χ1v) is 6.53. The number of thiazole rings is 1. The predicted octanol–water partition coefficient (Wildman–Crippen LogP) is 2.51. The van der Waals surface area contributed by atoms with Crippen molar-refractivity contribution in [2.24, 2.45) is 0 Å². The summed E-state index contributed by atoms with van der Waals surface area (Å²) in [5.74, 6) is -0.182. The Morgan fingerprint density at radius 1 is 1.39 bits per heavy atom. The van der Waals surface area contributed by atoms with E-state index in [9.17, 15) is 4.79 Å². The summed E-state index contributed by atoms with van der Waals surface area (Å²) in [5.41, 5.74) is 0.769. The van der Waals surface area contributed by atoms with Crippen molar-refractivity contribution in [1.82, 2.24) is 15.3 Å². The lowest BCUT2D eigenvalue weighted by Crippen LogP contribution is -2.41. The van der Waals surface area contributed by atoms with Crippen LogP contribution in [0.15, 0.2) is 29.8 Å². The largest absolute Gasteiger partial charge is 0.339 e. The van der Waals surface area contributed by atoms with Crippen molar-refractivity contribution in [2.75, 3.05) is 0 Å². The van der Waals surface area contributed by atoms with E-state index in [0.29, 0.717) is 5.69 Å². The van der Waals surface area contributed by atoms with Gasteiger partial charge in [0, 0.05) is 17.3 Å². The van der Waals surface area contributed by atoms with Crippen molar-refractivity contribution in [2.45, 2.75) is 26.3 Å². The van der Waals surface area contributed by atoms with Crippen LogP contribution in [0.25, 0.3) is 0 Å². The Morgan fingerprint density at radius 3 is 2.78 bits per heavy atom. The van der Waals surface area contributed by atoms with Crippen LogP contribution in [0.5, 0.6) is 0 Å². The fourth-order valence-electron chi connectivity index (χ4n) is 1.60. The van der Waals surface area contributed by atoms with E-state index in [1.54, 1.807) is 12.3 Å². The summed E-state index contributed by atoms with van der Waals surface area (Å²) in [5, 5.41) is 5.72. The zero-order chi connectivity index (χ0) is 13.2. The first-order chi connectivity index (χ1) is 8.49. The zero-order valence-corrected chi connectivity index (χ0v) is 11.4. The molecule has 94 valence electrons. The second-order valence-corrected chi connectivity index (χ2v) is 5.48. The van der Waals surface area contributed by atoms with Gasteiger partial charge in [-0.2, -0.15) is 0 Å². The molecule has 2 rings (SSSR count). The van der Waals surface area contributed by atoms with Crippen molar-refractivity contribution >= 4 is 17.2 Å². The first kappa shape index (κ1) is 12.7. The second kappa shape index (κ2) is 4.86. The molecule has 0 bridgehead atoms. The smallest absolute Gasteiger partial charge is 0.270 e. The molecule has 1 N–H and O–H groups in total. The number of hydrogen-bond donors (Lipinski definition) is 1. The molecule has 2 aromatic rings. The molecule has 0 aliphatic rings. The van der Waals surface area contributed by atoms with Crippen LogP contribution >= 0.6 is 11.3 Å². The van der Waals surface area contributed by atoms with Gasteiger partial charge in [0.2, 0.25) is 0 Å². The molecule has 0 aliphatic carbocycles. The molecular weight excluding hydrogens is 246 g/mol. The average molecular weight is 261 g/mol. The number of carbonyl (C=O) groups is 1. The van der Waals surface area contributed by atoms with E-state index in [4.69, 9.17) is 0 Å². The van der Waals surface area contributed by atoms with E-state index < -0.39 is 5.54 Å². The molecule has 0 unspecified atom stereocenters. The Kier molecular flexibility index (Phi) is 3.43. The quantitative estimate of drug-likeness (QED) is 0.923.